The first-order valence-electron chi connectivity index (χ1n) is 5.23. The van der Waals surface area contributed by atoms with Gasteiger partial charge in [-0.25, -0.2) is 0 Å². The Morgan fingerprint density at radius 1 is 1.31 bits per heavy atom. The van der Waals surface area contributed by atoms with Crippen LogP contribution in [0, 0.1) is 13.8 Å². The molecular weight excluding hydrogens is 218 g/mol. The molecule has 0 spiro atoms. The Morgan fingerprint density at radius 2 is 2.00 bits per heavy atom. The molecule has 1 nitrogen and oxygen atoms in total. The maximum Gasteiger partial charge on any atom is 0.0720 e. The fourth-order valence-electron chi connectivity index (χ4n) is 1.70. The zero-order valence-electron chi connectivity index (χ0n) is 9.76. The Bertz CT molecular complexity index is 585. The standard InChI is InChI=1S/C14H14ClN/c1-8(2)11-5-6-13-12(7-11)14(15)9(3)10(4)16-13/h5-7H,1H2,2-4H3. The summed E-state index contributed by atoms with van der Waals surface area (Å²) < 4.78 is 0. The van der Waals surface area contributed by atoms with E-state index in [1.807, 2.05) is 32.9 Å². The smallest absolute Gasteiger partial charge is 0.0720 e. The molecule has 1 heterocycles. The van der Waals surface area contributed by atoms with Gasteiger partial charge in [-0.1, -0.05) is 29.8 Å². The largest absolute Gasteiger partial charge is 0.253 e. The number of rotatable bonds is 1. The van der Waals surface area contributed by atoms with Gasteiger partial charge in [0.2, 0.25) is 0 Å². The van der Waals surface area contributed by atoms with Crippen molar-refractivity contribution in [1.82, 2.24) is 4.98 Å². The number of aromatic nitrogens is 1. The molecule has 0 unspecified atom stereocenters. The summed E-state index contributed by atoms with van der Waals surface area (Å²) in [5.41, 5.74) is 5.13. The average Bonchev–Trinajstić information content (AvgIpc) is 2.25. The van der Waals surface area contributed by atoms with Gasteiger partial charge in [-0.05, 0) is 44.0 Å². The van der Waals surface area contributed by atoms with Gasteiger partial charge in [0.05, 0.1) is 10.5 Å². The van der Waals surface area contributed by atoms with Gasteiger partial charge in [-0.3, -0.25) is 4.98 Å². The number of allylic oxidation sites excluding steroid dienone is 1. The highest BCUT2D eigenvalue weighted by atomic mass is 35.5. The Kier molecular flexibility index (Phi) is 2.73. The molecule has 0 atom stereocenters. The highest BCUT2D eigenvalue weighted by molar-refractivity contribution is 6.36. The fraction of sp³-hybridized carbons (Fsp3) is 0.214. The van der Waals surface area contributed by atoms with Gasteiger partial charge in [0.1, 0.15) is 0 Å². The monoisotopic (exact) mass is 231 g/mol. The topological polar surface area (TPSA) is 12.9 Å². The molecule has 0 amide bonds. The summed E-state index contributed by atoms with van der Waals surface area (Å²) in [5.74, 6) is 0. The van der Waals surface area contributed by atoms with Gasteiger partial charge >= 0.3 is 0 Å². The normalized spacial score (nSPS) is 10.8. The van der Waals surface area contributed by atoms with Crippen LogP contribution in [0.4, 0.5) is 0 Å². The number of aryl methyl sites for hydroxylation is 1. The molecule has 0 bridgehead atoms. The molecule has 1 aromatic carbocycles. The lowest BCUT2D eigenvalue weighted by Crippen LogP contribution is -1.91. The summed E-state index contributed by atoms with van der Waals surface area (Å²) in [4.78, 5) is 4.52. The summed E-state index contributed by atoms with van der Waals surface area (Å²) in [5, 5.41) is 1.80. The van der Waals surface area contributed by atoms with Crippen molar-refractivity contribution in [2.75, 3.05) is 0 Å². The van der Waals surface area contributed by atoms with E-state index in [4.69, 9.17) is 11.6 Å². The Balaban J connectivity index is 2.82. The van der Waals surface area contributed by atoms with Crippen LogP contribution in [0.2, 0.25) is 5.02 Å². The molecule has 1 aromatic heterocycles. The van der Waals surface area contributed by atoms with Gasteiger partial charge in [0, 0.05) is 11.1 Å². The van der Waals surface area contributed by atoms with Crippen molar-refractivity contribution >= 4 is 28.1 Å². The van der Waals surface area contributed by atoms with E-state index in [1.165, 1.54) is 0 Å². The predicted octanol–water partition coefficient (Wildman–Crippen LogP) is 4.54. The molecular formula is C14H14ClN. The van der Waals surface area contributed by atoms with Gasteiger partial charge in [-0.15, -0.1) is 0 Å². The van der Waals surface area contributed by atoms with E-state index in [-0.39, 0.29) is 0 Å². The highest BCUT2D eigenvalue weighted by Crippen LogP contribution is 2.29. The molecule has 2 rings (SSSR count). The third-order valence-electron chi connectivity index (χ3n) is 2.89. The van der Waals surface area contributed by atoms with Crippen molar-refractivity contribution in [2.45, 2.75) is 20.8 Å². The van der Waals surface area contributed by atoms with Gasteiger partial charge in [-0.2, -0.15) is 0 Å². The Morgan fingerprint density at radius 3 is 2.62 bits per heavy atom. The van der Waals surface area contributed by atoms with E-state index < -0.39 is 0 Å². The van der Waals surface area contributed by atoms with Crippen molar-refractivity contribution < 1.29 is 0 Å². The summed E-state index contributed by atoms with van der Waals surface area (Å²) in [6.07, 6.45) is 0. The van der Waals surface area contributed by atoms with Crippen molar-refractivity contribution in [3.63, 3.8) is 0 Å². The summed E-state index contributed by atoms with van der Waals surface area (Å²) >= 11 is 6.34. The summed E-state index contributed by atoms with van der Waals surface area (Å²) in [6.45, 7) is 9.91. The minimum Gasteiger partial charge on any atom is -0.253 e. The van der Waals surface area contributed by atoms with E-state index in [9.17, 15) is 0 Å². The maximum atomic E-state index is 6.34. The Labute approximate surface area is 101 Å². The second-order valence-corrected chi connectivity index (χ2v) is 4.53. The molecule has 0 N–H and O–H groups in total. The van der Waals surface area contributed by atoms with E-state index in [0.29, 0.717) is 0 Å². The van der Waals surface area contributed by atoms with Crippen LogP contribution in [-0.4, -0.2) is 4.98 Å². The van der Waals surface area contributed by atoms with Gasteiger partial charge in [0.25, 0.3) is 0 Å². The lowest BCUT2D eigenvalue weighted by molar-refractivity contribution is 1.20. The first-order chi connectivity index (χ1) is 7.50. The lowest BCUT2D eigenvalue weighted by atomic mass is 10.0. The molecule has 16 heavy (non-hydrogen) atoms. The molecule has 0 aliphatic heterocycles. The van der Waals surface area contributed by atoms with Crippen LogP contribution >= 0.6 is 11.6 Å². The van der Waals surface area contributed by atoms with E-state index in [2.05, 4.69) is 17.6 Å². The minimum absolute atomic E-state index is 0.797. The maximum absolute atomic E-state index is 6.34. The van der Waals surface area contributed by atoms with Crippen LogP contribution in [0.3, 0.4) is 0 Å². The number of fused-ring (bicyclic) bond motifs is 1. The molecule has 0 radical (unpaired) electrons. The first-order valence-corrected chi connectivity index (χ1v) is 5.61. The van der Waals surface area contributed by atoms with E-state index in [0.717, 1.165) is 38.3 Å². The molecule has 2 aromatic rings. The number of hydrogen-bond acceptors (Lipinski definition) is 1. The zero-order valence-corrected chi connectivity index (χ0v) is 10.5. The molecule has 0 aliphatic carbocycles. The number of halogens is 1. The number of nitrogens with zero attached hydrogens (tertiary/aromatic N) is 1. The summed E-state index contributed by atoms with van der Waals surface area (Å²) in [6, 6.07) is 6.08. The second kappa shape index (κ2) is 3.91. The van der Waals surface area contributed by atoms with Gasteiger partial charge in [0.15, 0.2) is 0 Å². The van der Waals surface area contributed by atoms with Crippen molar-refractivity contribution in [1.29, 1.82) is 0 Å². The van der Waals surface area contributed by atoms with Crippen molar-refractivity contribution in [3.05, 3.63) is 46.6 Å². The van der Waals surface area contributed by atoms with Crippen LogP contribution in [0.15, 0.2) is 24.8 Å². The third-order valence-corrected chi connectivity index (χ3v) is 3.37. The Hall–Kier alpha value is -1.34. The predicted molar refractivity (Wildman–Crippen MR) is 70.9 cm³/mol. The number of pyridine rings is 1. The molecule has 0 fully saturated rings. The molecule has 0 saturated carbocycles. The molecule has 82 valence electrons. The third kappa shape index (κ3) is 1.72. The second-order valence-electron chi connectivity index (χ2n) is 4.15. The van der Waals surface area contributed by atoms with Crippen molar-refractivity contribution in [2.24, 2.45) is 0 Å². The van der Waals surface area contributed by atoms with Gasteiger partial charge < -0.3 is 0 Å². The van der Waals surface area contributed by atoms with Crippen molar-refractivity contribution in [3.8, 4) is 0 Å². The van der Waals surface area contributed by atoms with E-state index in [1.54, 1.807) is 0 Å². The van der Waals surface area contributed by atoms with Crippen LogP contribution in [-0.2, 0) is 0 Å². The quantitative estimate of drug-likeness (QED) is 0.702. The fourth-order valence-corrected chi connectivity index (χ4v) is 1.99. The molecule has 0 saturated heterocycles. The van der Waals surface area contributed by atoms with Crippen LogP contribution in [0.1, 0.15) is 23.7 Å². The number of benzene rings is 1. The molecule has 0 aliphatic rings. The number of hydrogen-bond donors (Lipinski definition) is 0. The average molecular weight is 232 g/mol. The zero-order chi connectivity index (χ0) is 11.9. The molecule has 2 heteroatoms. The highest BCUT2D eigenvalue weighted by Gasteiger charge is 2.08. The minimum atomic E-state index is 0.797. The van der Waals surface area contributed by atoms with Crippen LogP contribution in [0.5, 0.6) is 0 Å². The van der Waals surface area contributed by atoms with Crippen LogP contribution in [0.25, 0.3) is 16.5 Å². The SMILES string of the molecule is C=C(C)c1ccc2nc(C)c(C)c(Cl)c2c1. The van der Waals surface area contributed by atoms with Crippen LogP contribution < -0.4 is 0 Å². The summed E-state index contributed by atoms with van der Waals surface area (Å²) in [7, 11) is 0. The lowest BCUT2D eigenvalue weighted by Gasteiger charge is -2.08. The van der Waals surface area contributed by atoms with E-state index >= 15 is 0 Å². The first kappa shape index (κ1) is 11.2.